The van der Waals surface area contributed by atoms with Crippen LogP contribution in [0.2, 0.25) is 0 Å². The molecule has 0 radical (unpaired) electrons. The Labute approximate surface area is 288 Å². The van der Waals surface area contributed by atoms with Crippen LogP contribution in [0.5, 0.6) is 0 Å². The molecule has 3 aromatic rings. The Morgan fingerprint density at radius 3 is 2.33 bits per heavy atom. The number of benzene rings is 3. The summed E-state index contributed by atoms with van der Waals surface area (Å²) in [6, 6.07) is 23.3. The molecule has 2 fully saturated rings. The van der Waals surface area contributed by atoms with Crippen molar-refractivity contribution in [1.29, 1.82) is 0 Å². The highest BCUT2D eigenvalue weighted by Crippen LogP contribution is 2.43. The minimum atomic E-state index is -1.00. The van der Waals surface area contributed by atoms with E-state index in [2.05, 4.69) is 17.1 Å². The van der Waals surface area contributed by atoms with Crippen molar-refractivity contribution in [3.63, 3.8) is 0 Å². The highest BCUT2D eigenvalue weighted by atomic mass is 16.7. The van der Waals surface area contributed by atoms with E-state index in [4.69, 9.17) is 19.3 Å². The fraction of sp³-hybridized carbons (Fsp3) is 0.462. The van der Waals surface area contributed by atoms with Gasteiger partial charge in [-0.05, 0) is 80.1 Å². The smallest absolute Gasteiger partial charge is 0.323 e. The van der Waals surface area contributed by atoms with Crippen LogP contribution in [0.25, 0.3) is 11.1 Å². The van der Waals surface area contributed by atoms with Crippen molar-refractivity contribution in [3.8, 4) is 11.1 Å². The Bertz CT molecular complexity index is 1600. The molecule has 0 bridgehead atoms. The van der Waals surface area contributed by atoms with Crippen LogP contribution in [0.4, 0.5) is 0 Å². The average Bonchev–Trinajstić information content (AvgIpc) is 3.55. The largest absolute Gasteiger partial charge is 0.481 e. The summed E-state index contributed by atoms with van der Waals surface area (Å²) in [6.07, 6.45) is 0.157. The highest BCUT2D eigenvalue weighted by Gasteiger charge is 2.42. The zero-order chi connectivity index (χ0) is 35.1. The van der Waals surface area contributed by atoms with Gasteiger partial charge in [0, 0.05) is 31.0 Å². The number of aliphatic hydroxyl groups excluding tert-OH is 1. The van der Waals surface area contributed by atoms with Crippen molar-refractivity contribution in [1.82, 2.24) is 10.2 Å². The fourth-order valence-electron chi connectivity index (χ4n) is 6.48. The third kappa shape index (κ3) is 9.76. The van der Waals surface area contributed by atoms with Crippen LogP contribution >= 0.6 is 0 Å². The molecule has 0 aliphatic carbocycles. The summed E-state index contributed by atoms with van der Waals surface area (Å²) in [5, 5.41) is 21.3. The van der Waals surface area contributed by atoms with E-state index >= 15 is 0 Å². The molecule has 2 saturated heterocycles. The molecule has 5 atom stereocenters. The summed E-state index contributed by atoms with van der Waals surface area (Å²) >= 11 is 0. The van der Waals surface area contributed by atoms with Crippen LogP contribution in [0.15, 0.2) is 72.8 Å². The van der Waals surface area contributed by atoms with Gasteiger partial charge in [-0.1, -0.05) is 67.6 Å². The van der Waals surface area contributed by atoms with Gasteiger partial charge < -0.3 is 29.7 Å². The van der Waals surface area contributed by atoms with E-state index in [9.17, 15) is 19.5 Å². The van der Waals surface area contributed by atoms with E-state index in [1.807, 2.05) is 93.6 Å². The minimum absolute atomic E-state index is 0.0399. The molecule has 0 aromatic heterocycles. The van der Waals surface area contributed by atoms with Crippen molar-refractivity contribution in [3.05, 3.63) is 95.1 Å². The number of nitrogens with zero attached hydrogens (tertiary/aromatic N) is 1. The molecule has 2 aliphatic rings. The summed E-state index contributed by atoms with van der Waals surface area (Å²) < 4.78 is 19.2. The first-order valence-corrected chi connectivity index (χ1v) is 17.1. The van der Waals surface area contributed by atoms with Gasteiger partial charge >= 0.3 is 11.9 Å². The van der Waals surface area contributed by atoms with Gasteiger partial charge in [-0.25, -0.2) is 0 Å². The maximum atomic E-state index is 13.2. The Kier molecular flexibility index (Phi) is 11.9. The van der Waals surface area contributed by atoms with Crippen LogP contribution < -0.4 is 5.32 Å². The SMILES string of the molecule is CC1C(CN2CCCC2C(=O)OC(C)(C)C)OC(c2cccc(-c3cccc(CNC(=O)CCC(=O)O)c3)c2)OC1c1ccc(CO)cc1. The summed E-state index contributed by atoms with van der Waals surface area (Å²) in [6.45, 7) is 9.36. The average molecular weight is 673 g/mol. The lowest BCUT2D eigenvalue weighted by Crippen LogP contribution is -2.48. The second-order valence-electron chi connectivity index (χ2n) is 14.0. The van der Waals surface area contributed by atoms with Gasteiger partial charge in [-0.15, -0.1) is 0 Å². The third-order valence-electron chi connectivity index (χ3n) is 9.06. The minimum Gasteiger partial charge on any atom is -0.481 e. The first-order chi connectivity index (χ1) is 23.4. The van der Waals surface area contributed by atoms with Crippen molar-refractivity contribution in [2.45, 2.75) is 96.7 Å². The maximum Gasteiger partial charge on any atom is 0.323 e. The molecular formula is C39H48N2O8. The number of amides is 1. The van der Waals surface area contributed by atoms with E-state index < -0.39 is 17.9 Å². The number of aliphatic hydroxyl groups is 1. The zero-order valence-corrected chi connectivity index (χ0v) is 28.8. The number of likely N-dealkylation sites (tertiary alicyclic amines) is 1. The first-order valence-electron chi connectivity index (χ1n) is 17.1. The molecule has 2 aliphatic heterocycles. The number of carbonyl (C=O) groups is 3. The number of hydrogen-bond donors (Lipinski definition) is 3. The molecule has 2 heterocycles. The van der Waals surface area contributed by atoms with Gasteiger partial charge in [0.2, 0.25) is 5.91 Å². The second-order valence-corrected chi connectivity index (χ2v) is 14.0. The van der Waals surface area contributed by atoms with E-state index in [-0.39, 0.29) is 62.0 Å². The van der Waals surface area contributed by atoms with Crippen molar-refractivity contribution >= 4 is 17.8 Å². The van der Waals surface area contributed by atoms with E-state index in [1.54, 1.807) is 0 Å². The number of carboxylic acid groups (broad SMARTS) is 1. The molecule has 5 rings (SSSR count). The highest BCUT2D eigenvalue weighted by molar-refractivity contribution is 5.80. The zero-order valence-electron chi connectivity index (χ0n) is 28.8. The first kappa shape index (κ1) is 36.2. The van der Waals surface area contributed by atoms with Gasteiger partial charge in [0.05, 0.1) is 25.2 Å². The molecule has 0 spiro atoms. The van der Waals surface area contributed by atoms with Crippen molar-refractivity contribution < 1.29 is 38.8 Å². The van der Waals surface area contributed by atoms with Crippen LogP contribution in [0.1, 0.15) is 88.0 Å². The Morgan fingerprint density at radius 1 is 0.918 bits per heavy atom. The van der Waals surface area contributed by atoms with Gasteiger partial charge in [0.25, 0.3) is 0 Å². The number of rotatable bonds is 12. The maximum absolute atomic E-state index is 13.2. The second kappa shape index (κ2) is 16.1. The van der Waals surface area contributed by atoms with Crippen LogP contribution in [0, 0.1) is 5.92 Å². The summed E-state index contributed by atoms with van der Waals surface area (Å²) in [5.41, 5.74) is 4.89. The standard InChI is InChI=1S/C39H48N2O8/c1-25-33(23-41-19-7-12-32(41)37(46)49-39(2,3)4)47-38(48-36(25)28-15-13-26(24-42)14-16-28)31-11-6-10-30(21-31)29-9-5-8-27(20-29)22-40-34(43)17-18-35(44)45/h5-6,8-11,13-16,20-21,25,32-33,36,38,42H,7,12,17-19,22-24H2,1-4H3,(H,40,43)(H,44,45). The van der Waals surface area contributed by atoms with E-state index in [0.29, 0.717) is 6.54 Å². The molecular weight excluding hydrogens is 624 g/mol. The molecule has 5 unspecified atom stereocenters. The Morgan fingerprint density at radius 2 is 1.63 bits per heavy atom. The Hall–Kier alpha value is -4.09. The molecule has 49 heavy (non-hydrogen) atoms. The van der Waals surface area contributed by atoms with E-state index in [1.165, 1.54) is 0 Å². The third-order valence-corrected chi connectivity index (χ3v) is 9.06. The predicted molar refractivity (Wildman–Crippen MR) is 184 cm³/mol. The number of esters is 1. The number of carbonyl (C=O) groups excluding carboxylic acids is 2. The van der Waals surface area contributed by atoms with Gasteiger partial charge in [-0.2, -0.15) is 0 Å². The molecule has 262 valence electrons. The Balaban J connectivity index is 1.37. The predicted octanol–water partition coefficient (Wildman–Crippen LogP) is 5.92. The molecule has 1 amide bonds. The number of nitrogens with one attached hydrogen (secondary N) is 1. The summed E-state index contributed by atoms with van der Waals surface area (Å²) in [4.78, 5) is 38.2. The number of aliphatic carboxylic acids is 1. The number of hydrogen-bond acceptors (Lipinski definition) is 8. The topological polar surface area (TPSA) is 135 Å². The van der Waals surface area contributed by atoms with Crippen molar-refractivity contribution in [2.75, 3.05) is 13.1 Å². The van der Waals surface area contributed by atoms with Crippen LogP contribution in [0.3, 0.4) is 0 Å². The molecule has 3 aromatic carbocycles. The molecule has 10 nitrogen and oxygen atoms in total. The number of ether oxygens (including phenoxy) is 3. The monoisotopic (exact) mass is 672 g/mol. The number of carboxylic acids is 1. The molecule has 3 N–H and O–H groups in total. The normalized spacial score (nSPS) is 22.8. The van der Waals surface area contributed by atoms with Gasteiger partial charge in [-0.3, -0.25) is 19.3 Å². The van der Waals surface area contributed by atoms with Crippen molar-refractivity contribution in [2.24, 2.45) is 5.92 Å². The lowest BCUT2D eigenvalue weighted by Gasteiger charge is -2.43. The van der Waals surface area contributed by atoms with E-state index in [0.717, 1.165) is 52.8 Å². The van der Waals surface area contributed by atoms with Gasteiger partial charge in [0.1, 0.15) is 11.6 Å². The fourth-order valence-corrected chi connectivity index (χ4v) is 6.48. The lowest BCUT2D eigenvalue weighted by atomic mass is 9.89. The summed E-state index contributed by atoms with van der Waals surface area (Å²) in [7, 11) is 0. The van der Waals surface area contributed by atoms with Gasteiger partial charge in [0.15, 0.2) is 6.29 Å². The lowest BCUT2D eigenvalue weighted by molar-refractivity contribution is -0.276. The summed E-state index contributed by atoms with van der Waals surface area (Å²) in [5.74, 6) is -1.55. The van der Waals surface area contributed by atoms with Crippen LogP contribution in [-0.2, 0) is 41.7 Å². The molecule has 10 heteroatoms. The molecule has 0 saturated carbocycles. The quantitative estimate of drug-likeness (QED) is 0.200. The van der Waals surface area contributed by atoms with Crippen LogP contribution in [-0.4, -0.2) is 63.8 Å².